The zero-order chi connectivity index (χ0) is 27.4. The molecule has 4 heterocycles. The van der Waals surface area contributed by atoms with Crippen LogP contribution >= 0.6 is 34.4 Å². The van der Waals surface area contributed by atoms with Crippen molar-refractivity contribution in [2.75, 3.05) is 0 Å². The predicted octanol–water partition coefficient (Wildman–Crippen LogP) is 10.4. The van der Waals surface area contributed by atoms with Crippen molar-refractivity contribution in [3.05, 3.63) is 78.4 Å². The molecule has 0 unspecified atom stereocenters. The number of nitrogens with zero attached hydrogens (tertiary/aromatic N) is 4. The number of fused-ring (bicyclic) bond motifs is 2. The number of hydrogen-bond donors (Lipinski definition) is 0. The number of rotatable bonds is 5. The van der Waals surface area contributed by atoms with E-state index in [4.69, 9.17) is 0 Å². The number of benzene rings is 3. The Morgan fingerprint density at radius 1 is 0.675 bits per heavy atom. The molecule has 0 bridgehead atoms. The van der Waals surface area contributed by atoms with Crippen LogP contribution in [0.2, 0.25) is 0 Å². The summed E-state index contributed by atoms with van der Waals surface area (Å²) in [4.78, 5) is 3.85. The molecule has 0 aliphatic carbocycles. The summed E-state index contributed by atoms with van der Waals surface area (Å²) >= 11 is 5.39. The van der Waals surface area contributed by atoms with Gasteiger partial charge < -0.3 is 4.74 Å². The van der Waals surface area contributed by atoms with E-state index in [1.807, 2.05) is 12.1 Å². The Hall–Kier alpha value is -3.71. The topological polar surface area (TPSA) is 59.7 Å². The van der Waals surface area contributed by atoms with Crippen molar-refractivity contribution in [1.29, 1.82) is 0 Å². The van der Waals surface area contributed by atoms with Gasteiger partial charge in [-0.15, -0.1) is 35.8 Å². The Kier molecular flexibility index (Phi) is 6.15. The summed E-state index contributed by atoms with van der Waals surface area (Å²) in [5.74, 6) is -0.262. The van der Waals surface area contributed by atoms with Crippen LogP contribution < -0.4 is 4.74 Å². The summed E-state index contributed by atoms with van der Waals surface area (Å²) in [5.41, 5.74) is 7.69. The van der Waals surface area contributed by atoms with Gasteiger partial charge in [0.2, 0.25) is 0 Å². The lowest BCUT2D eigenvalue weighted by atomic mass is 10.0. The summed E-state index contributed by atoms with van der Waals surface area (Å²) in [5, 5.41) is 0. The van der Waals surface area contributed by atoms with E-state index >= 15 is 0 Å². The lowest BCUT2D eigenvalue weighted by Crippen LogP contribution is -2.17. The van der Waals surface area contributed by atoms with Crippen LogP contribution in [-0.4, -0.2) is 15.1 Å². The normalized spacial score (nSPS) is 12.6. The minimum atomic E-state index is -4.75. The average molecular weight is 609 g/mol. The number of hydrogen-bond acceptors (Lipinski definition) is 8. The summed E-state index contributed by atoms with van der Waals surface area (Å²) in [6.45, 7) is 2.08. The Labute approximate surface area is 241 Å². The van der Waals surface area contributed by atoms with Gasteiger partial charge in [0.15, 0.2) is 0 Å². The van der Waals surface area contributed by atoms with Gasteiger partial charge in [-0.1, -0.05) is 42.0 Å². The molecule has 40 heavy (non-hydrogen) atoms. The first-order valence-electron chi connectivity index (χ1n) is 11.9. The molecule has 7 rings (SSSR count). The molecule has 0 spiro atoms. The lowest BCUT2D eigenvalue weighted by molar-refractivity contribution is -0.274. The van der Waals surface area contributed by atoms with E-state index in [1.54, 1.807) is 23.5 Å². The molecule has 0 saturated carbocycles. The van der Waals surface area contributed by atoms with Crippen molar-refractivity contribution >= 4 is 68.2 Å². The highest BCUT2D eigenvalue weighted by atomic mass is 32.1. The van der Waals surface area contributed by atoms with E-state index in [-0.39, 0.29) is 5.75 Å². The number of alkyl halides is 3. The highest BCUT2D eigenvalue weighted by molar-refractivity contribution is 7.58. The summed E-state index contributed by atoms with van der Waals surface area (Å²) in [6.07, 6.45) is -4.75. The molecule has 198 valence electrons. The predicted molar refractivity (Wildman–Crippen MR) is 158 cm³/mol. The van der Waals surface area contributed by atoms with Crippen LogP contribution in [0, 0.1) is 6.92 Å². The second-order valence-corrected chi connectivity index (χ2v) is 12.2. The van der Waals surface area contributed by atoms with E-state index in [2.05, 4.69) is 65.5 Å². The van der Waals surface area contributed by atoms with E-state index in [9.17, 15) is 13.2 Å². The molecule has 5 nitrogen and oxygen atoms in total. The molecular weight excluding hydrogens is 594 g/mol. The standard InChI is InChI=1S/C28H15F3N4OS4/c1-14-4-2-5-15(12-14)18-8-10-20(37-18)22-24-26(34-39-32-24)23(27-25(22)33-40-35-27)21-11-9-19(38-21)16-6-3-7-17(13-16)36-28(29,30)31/h2-13H,1H3. The molecule has 1 aliphatic rings. The molecule has 12 heteroatoms. The summed E-state index contributed by atoms with van der Waals surface area (Å²) < 4.78 is 61.0. The van der Waals surface area contributed by atoms with Gasteiger partial charge in [0.1, 0.15) is 28.2 Å². The Morgan fingerprint density at radius 2 is 1.23 bits per heavy atom. The van der Waals surface area contributed by atoms with Crippen molar-refractivity contribution in [2.24, 2.45) is 8.73 Å². The van der Waals surface area contributed by atoms with Gasteiger partial charge in [0.25, 0.3) is 0 Å². The van der Waals surface area contributed by atoms with Crippen molar-refractivity contribution < 1.29 is 17.9 Å². The number of ether oxygens (including phenoxy) is 1. The van der Waals surface area contributed by atoms with Crippen molar-refractivity contribution in [3.8, 4) is 47.5 Å². The number of halogens is 3. The molecule has 3 aromatic heterocycles. The van der Waals surface area contributed by atoms with Gasteiger partial charge in [0.05, 0.1) is 23.1 Å². The van der Waals surface area contributed by atoms with E-state index < -0.39 is 6.36 Å². The third kappa shape index (κ3) is 4.56. The highest BCUT2D eigenvalue weighted by Gasteiger charge is 2.31. The number of aromatic nitrogens is 2. The smallest absolute Gasteiger partial charge is 0.406 e. The molecule has 0 fully saturated rings. The van der Waals surface area contributed by atoms with Gasteiger partial charge in [-0.25, -0.2) is 0 Å². The molecule has 0 radical (unpaired) electrons. The minimum Gasteiger partial charge on any atom is -0.406 e. The first-order valence-corrected chi connectivity index (χ1v) is 15.0. The number of aryl methyl sites for hydroxylation is 1. The Balaban J connectivity index is 1.33. The van der Waals surface area contributed by atoms with Crippen LogP contribution in [0.15, 0.2) is 81.5 Å². The van der Waals surface area contributed by atoms with Crippen LogP contribution in [0.5, 0.6) is 5.75 Å². The largest absolute Gasteiger partial charge is 0.573 e. The highest BCUT2D eigenvalue weighted by Crippen LogP contribution is 2.54. The van der Waals surface area contributed by atoms with Crippen LogP contribution in [0.1, 0.15) is 5.56 Å². The van der Waals surface area contributed by atoms with E-state index in [1.165, 1.54) is 29.0 Å². The van der Waals surface area contributed by atoms with Crippen molar-refractivity contribution in [2.45, 2.75) is 13.3 Å². The first-order chi connectivity index (χ1) is 19.3. The Bertz CT molecular complexity index is 2000. The second-order valence-electron chi connectivity index (χ2n) is 8.95. The quantitative estimate of drug-likeness (QED) is 0.195. The molecule has 1 aliphatic heterocycles. The van der Waals surface area contributed by atoms with Crippen LogP contribution in [0.3, 0.4) is 0 Å². The zero-order valence-electron chi connectivity index (χ0n) is 20.4. The first kappa shape index (κ1) is 25.3. The average Bonchev–Trinajstić information content (AvgIpc) is 3.73. The fourth-order valence-electron chi connectivity index (χ4n) is 4.62. The minimum absolute atomic E-state index is 0.262. The zero-order valence-corrected chi connectivity index (χ0v) is 23.7. The van der Waals surface area contributed by atoms with E-state index in [0.29, 0.717) is 5.56 Å². The molecule has 0 amide bonds. The van der Waals surface area contributed by atoms with Crippen LogP contribution in [0.25, 0.3) is 52.8 Å². The summed E-state index contributed by atoms with van der Waals surface area (Å²) in [7, 11) is 0. The third-order valence-electron chi connectivity index (χ3n) is 6.28. The molecule has 0 atom stereocenters. The third-order valence-corrected chi connectivity index (χ3v) is 9.64. The monoisotopic (exact) mass is 608 g/mol. The summed E-state index contributed by atoms with van der Waals surface area (Å²) in [6, 6.07) is 22.4. The maximum Gasteiger partial charge on any atom is 0.573 e. The fraction of sp³-hybridized carbons (Fsp3) is 0.0714. The van der Waals surface area contributed by atoms with E-state index in [0.717, 1.165) is 81.7 Å². The van der Waals surface area contributed by atoms with Gasteiger partial charge in [-0.3, -0.25) is 0 Å². The maximum atomic E-state index is 12.8. The van der Waals surface area contributed by atoms with Gasteiger partial charge in [-0.2, -0.15) is 17.5 Å². The fourth-order valence-corrected chi connectivity index (χ4v) is 7.84. The van der Waals surface area contributed by atoms with Crippen LogP contribution in [0.4, 0.5) is 24.5 Å². The molecular formula is C28H15F3N4OS4. The molecule has 3 aromatic carbocycles. The van der Waals surface area contributed by atoms with Gasteiger partial charge in [-0.05, 0) is 54.4 Å². The maximum absolute atomic E-state index is 12.8. The van der Waals surface area contributed by atoms with Gasteiger partial charge in [0, 0.05) is 30.6 Å². The van der Waals surface area contributed by atoms with Crippen molar-refractivity contribution in [1.82, 2.24) is 8.75 Å². The molecule has 0 saturated heterocycles. The second kappa shape index (κ2) is 9.73. The number of thiophene rings is 2. The Morgan fingerprint density at radius 3 is 1.80 bits per heavy atom. The van der Waals surface area contributed by atoms with Crippen LogP contribution in [-0.2, 0) is 11.4 Å². The molecule has 6 aromatic rings. The SMILES string of the molecule is Cc1cccc(-c2ccc(-c3c4c(c(-c5ccc(-c6cccc(OC(F)(F)F)c6)s5)c5nsnc35)N=S=N4)s2)c1. The van der Waals surface area contributed by atoms with Crippen molar-refractivity contribution in [3.63, 3.8) is 0 Å². The molecule has 0 N–H and O–H groups in total. The van der Waals surface area contributed by atoms with Gasteiger partial charge >= 0.3 is 6.36 Å². The lowest BCUT2D eigenvalue weighted by Gasteiger charge is -2.10.